The molecule has 1 heterocycles. The summed E-state index contributed by atoms with van der Waals surface area (Å²) < 4.78 is 11.0. The maximum Gasteiger partial charge on any atom is 0.0383 e. The fourth-order valence-corrected chi connectivity index (χ4v) is 3.57. The van der Waals surface area contributed by atoms with Crippen molar-refractivity contribution in [1.82, 2.24) is 5.32 Å². The highest BCUT2D eigenvalue weighted by Crippen LogP contribution is 2.17. The van der Waals surface area contributed by atoms with Gasteiger partial charge in [0.15, 0.2) is 0 Å². The van der Waals surface area contributed by atoms with Gasteiger partial charge in [-0.2, -0.15) is 11.8 Å². The minimum Gasteiger partial charge on any atom is -0.311 e. The Hall–Kier alpha value is 0.460. The van der Waals surface area contributed by atoms with Crippen LogP contribution in [0.2, 0.25) is 0 Å². The largest absolute Gasteiger partial charge is 0.311 e. The summed E-state index contributed by atoms with van der Waals surface area (Å²) in [6, 6.07) is 1.07. The number of thioether (sulfide) groups is 1. The Morgan fingerprint density at radius 3 is 2.69 bits per heavy atom. The van der Waals surface area contributed by atoms with Gasteiger partial charge in [0.2, 0.25) is 0 Å². The Kier molecular flexibility index (Phi) is 5.36. The third kappa shape index (κ3) is 5.03. The predicted octanol–water partition coefficient (Wildman–Crippen LogP) is 1.24. The maximum absolute atomic E-state index is 11.0. The molecule has 0 radical (unpaired) electrons. The third-order valence-corrected chi connectivity index (χ3v) is 4.24. The van der Waals surface area contributed by atoms with Crippen LogP contribution in [0, 0.1) is 0 Å². The average Bonchev–Trinajstić information content (AvgIpc) is 2.04. The van der Waals surface area contributed by atoms with E-state index in [0.29, 0.717) is 12.1 Å². The van der Waals surface area contributed by atoms with Gasteiger partial charge in [-0.1, -0.05) is 0 Å². The van der Waals surface area contributed by atoms with E-state index in [1.165, 1.54) is 24.3 Å². The van der Waals surface area contributed by atoms with Gasteiger partial charge in [0.1, 0.15) is 0 Å². The second kappa shape index (κ2) is 6.04. The molecule has 2 atom stereocenters. The molecule has 2 nitrogen and oxygen atoms in total. The highest BCUT2D eigenvalue weighted by molar-refractivity contribution is 7.99. The summed E-state index contributed by atoms with van der Waals surface area (Å²) in [7, 11) is -0.668. The normalized spacial score (nSPS) is 24.2. The van der Waals surface area contributed by atoms with Crippen molar-refractivity contribution in [2.75, 3.05) is 23.5 Å². The molecule has 0 saturated carbocycles. The zero-order valence-electron chi connectivity index (χ0n) is 8.41. The molecule has 1 rings (SSSR count). The molecule has 1 fully saturated rings. The van der Waals surface area contributed by atoms with Crippen LogP contribution in [0.25, 0.3) is 0 Å². The van der Waals surface area contributed by atoms with Crippen LogP contribution in [0.15, 0.2) is 0 Å². The van der Waals surface area contributed by atoms with Gasteiger partial charge in [0, 0.05) is 34.9 Å². The van der Waals surface area contributed by atoms with Crippen molar-refractivity contribution in [2.45, 2.75) is 31.8 Å². The van der Waals surface area contributed by atoms with Crippen molar-refractivity contribution in [3.63, 3.8) is 0 Å². The summed E-state index contributed by atoms with van der Waals surface area (Å²) in [5.41, 5.74) is 0. The van der Waals surface area contributed by atoms with Crippen molar-refractivity contribution >= 4 is 22.6 Å². The Bertz CT molecular complexity index is 169. The highest BCUT2D eigenvalue weighted by Gasteiger charge is 2.15. The van der Waals surface area contributed by atoms with Crippen molar-refractivity contribution in [1.29, 1.82) is 0 Å². The van der Waals surface area contributed by atoms with Crippen molar-refractivity contribution < 1.29 is 4.21 Å². The zero-order valence-corrected chi connectivity index (χ0v) is 10.0. The van der Waals surface area contributed by atoms with E-state index in [1.54, 1.807) is 6.26 Å². The molecule has 1 aliphatic heterocycles. The van der Waals surface area contributed by atoms with Crippen molar-refractivity contribution in [2.24, 2.45) is 0 Å². The first kappa shape index (κ1) is 11.5. The van der Waals surface area contributed by atoms with Crippen molar-refractivity contribution in [3.05, 3.63) is 0 Å². The van der Waals surface area contributed by atoms with Gasteiger partial charge in [-0.15, -0.1) is 0 Å². The summed E-state index contributed by atoms with van der Waals surface area (Å²) in [4.78, 5) is 0. The lowest BCUT2D eigenvalue weighted by Crippen LogP contribution is -2.41. The minimum absolute atomic E-state index is 0.402. The first-order valence-electron chi connectivity index (χ1n) is 4.82. The van der Waals surface area contributed by atoms with E-state index < -0.39 is 10.8 Å². The molecule has 2 unspecified atom stereocenters. The van der Waals surface area contributed by atoms with Crippen molar-refractivity contribution in [3.8, 4) is 0 Å². The van der Waals surface area contributed by atoms with Gasteiger partial charge in [0.05, 0.1) is 0 Å². The molecule has 78 valence electrons. The van der Waals surface area contributed by atoms with Crippen LogP contribution in [-0.2, 0) is 10.8 Å². The number of hydrogen-bond donors (Lipinski definition) is 1. The SMILES string of the molecule is CC(CS(C)=O)NC1CCSCC1. The standard InChI is InChI=1S/C9H19NOS2/c1-8(7-13(2)11)10-9-3-5-12-6-4-9/h8-10H,3-7H2,1-2H3. The molecule has 0 aliphatic carbocycles. The lowest BCUT2D eigenvalue weighted by molar-refractivity contribution is 0.441. The summed E-state index contributed by atoms with van der Waals surface area (Å²) >= 11 is 2.04. The van der Waals surface area contributed by atoms with Gasteiger partial charge < -0.3 is 5.32 Å². The van der Waals surface area contributed by atoms with Crippen LogP contribution < -0.4 is 5.32 Å². The van der Waals surface area contributed by atoms with Crippen LogP contribution in [0.1, 0.15) is 19.8 Å². The average molecular weight is 221 g/mol. The highest BCUT2D eigenvalue weighted by atomic mass is 32.2. The second-order valence-corrected chi connectivity index (χ2v) is 6.40. The monoisotopic (exact) mass is 221 g/mol. The van der Waals surface area contributed by atoms with E-state index in [9.17, 15) is 4.21 Å². The minimum atomic E-state index is -0.668. The molecule has 4 heteroatoms. The van der Waals surface area contributed by atoms with E-state index in [1.807, 2.05) is 11.8 Å². The van der Waals surface area contributed by atoms with Gasteiger partial charge >= 0.3 is 0 Å². The van der Waals surface area contributed by atoms with Crippen LogP contribution in [-0.4, -0.2) is 39.8 Å². The predicted molar refractivity (Wildman–Crippen MR) is 61.9 cm³/mol. The summed E-state index contributed by atoms with van der Waals surface area (Å²) in [5.74, 6) is 3.34. The fourth-order valence-electron chi connectivity index (χ4n) is 1.67. The Morgan fingerprint density at radius 2 is 2.15 bits per heavy atom. The summed E-state index contributed by atoms with van der Waals surface area (Å²) in [6.45, 7) is 2.13. The quantitative estimate of drug-likeness (QED) is 0.774. The van der Waals surface area contributed by atoms with Gasteiger partial charge in [0.25, 0.3) is 0 Å². The molecule has 0 bridgehead atoms. The topological polar surface area (TPSA) is 29.1 Å². The smallest absolute Gasteiger partial charge is 0.0383 e. The molecular weight excluding hydrogens is 202 g/mol. The maximum atomic E-state index is 11.0. The Labute approximate surface area is 87.7 Å². The number of rotatable bonds is 4. The summed E-state index contributed by atoms with van der Waals surface area (Å²) in [5, 5.41) is 3.54. The molecule has 0 spiro atoms. The van der Waals surface area contributed by atoms with Crippen LogP contribution in [0.4, 0.5) is 0 Å². The Morgan fingerprint density at radius 1 is 1.54 bits per heavy atom. The van der Waals surface area contributed by atoms with Gasteiger partial charge in [-0.25, -0.2) is 0 Å². The first-order valence-corrected chi connectivity index (χ1v) is 7.70. The number of hydrogen-bond acceptors (Lipinski definition) is 3. The summed E-state index contributed by atoms with van der Waals surface area (Å²) in [6.07, 6.45) is 4.31. The molecular formula is C9H19NOS2. The van der Waals surface area contributed by atoms with E-state index in [-0.39, 0.29) is 0 Å². The first-order chi connectivity index (χ1) is 6.18. The molecule has 0 aromatic rings. The van der Waals surface area contributed by atoms with E-state index in [0.717, 1.165) is 5.75 Å². The zero-order chi connectivity index (χ0) is 9.68. The Balaban J connectivity index is 2.18. The second-order valence-electron chi connectivity index (χ2n) is 3.69. The van der Waals surface area contributed by atoms with E-state index in [2.05, 4.69) is 12.2 Å². The molecule has 13 heavy (non-hydrogen) atoms. The van der Waals surface area contributed by atoms with Gasteiger partial charge in [-0.05, 0) is 31.3 Å². The van der Waals surface area contributed by atoms with Crippen LogP contribution in [0.3, 0.4) is 0 Å². The molecule has 1 aliphatic rings. The molecule has 0 aromatic heterocycles. The molecule has 1 N–H and O–H groups in total. The lowest BCUT2D eigenvalue weighted by Gasteiger charge is -2.25. The van der Waals surface area contributed by atoms with Gasteiger partial charge in [-0.3, -0.25) is 4.21 Å². The third-order valence-electron chi connectivity index (χ3n) is 2.23. The lowest BCUT2D eigenvalue weighted by atomic mass is 10.1. The fraction of sp³-hybridized carbons (Fsp3) is 1.00. The molecule has 0 amide bonds. The van der Waals surface area contributed by atoms with E-state index >= 15 is 0 Å². The van der Waals surface area contributed by atoms with E-state index in [4.69, 9.17) is 0 Å². The molecule has 1 saturated heterocycles. The van der Waals surface area contributed by atoms with Crippen LogP contribution >= 0.6 is 11.8 Å². The van der Waals surface area contributed by atoms with Crippen LogP contribution in [0.5, 0.6) is 0 Å². The number of nitrogens with one attached hydrogen (secondary N) is 1. The molecule has 0 aromatic carbocycles.